The zero-order valence-corrected chi connectivity index (χ0v) is 11.2. The molecule has 1 aromatic heterocycles. The van der Waals surface area contributed by atoms with Crippen LogP contribution in [0.1, 0.15) is 11.3 Å². The van der Waals surface area contributed by atoms with Gasteiger partial charge in [0.25, 0.3) is 0 Å². The van der Waals surface area contributed by atoms with Crippen molar-refractivity contribution >= 4 is 22.3 Å². The molecule has 0 saturated heterocycles. The van der Waals surface area contributed by atoms with E-state index in [9.17, 15) is 9.18 Å². The van der Waals surface area contributed by atoms with Crippen LogP contribution < -0.4 is 10.5 Å². The first-order valence-electron chi connectivity index (χ1n) is 5.63. The van der Waals surface area contributed by atoms with Gasteiger partial charge in [-0.1, -0.05) is 12.1 Å². The number of hydrogen-bond acceptors (Lipinski definition) is 5. The van der Waals surface area contributed by atoms with Crippen LogP contribution >= 0.6 is 11.3 Å². The predicted molar refractivity (Wildman–Crippen MR) is 71.9 cm³/mol. The third kappa shape index (κ3) is 3.29. The van der Waals surface area contributed by atoms with Gasteiger partial charge in [-0.25, -0.2) is 9.37 Å². The number of ether oxygens (including phenoxy) is 1. The minimum absolute atomic E-state index is 0.0143. The summed E-state index contributed by atoms with van der Waals surface area (Å²) in [5, 5.41) is 2.16. The lowest BCUT2D eigenvalue weighted by molar-refractivity contribution is -0.117. The Balaban J connectivity index is 2.07. The molecule has 1 aromatic carbocycles. The molecule has 0 bridgehead atoms. The van der Waals surface area contributed by atoms with Crippen molar-refractivity contribution in [3.8, 4) is 5.75 Å². The van der Waals surface area contributed by atoms with Gasteiger partial charge >= 0.3 is 0 Å². The number of halogens is 1. The van der Waals surface area contributed by atoms with Gasteiger partial charge in [0.1, 0.15) is 5.78 Å². The molecule has 6 heteroatoms. The normalized spacial score (nSPS) is 10.4. The lowest BCUT2D eigenvalue weighted by Gasteiger charge is -2.06. The molecular formula is C13H13FN2O2S. The summed E-state index contributed by atoms with van der Waals surface area (Å²) < 4.78 is 18.7. The summed E-state index contributed by atoms with van der Waals surface area (Å²) in [5.74, 6) is -0.461. The summed E-state index contributed by atoms with van der Waals surface area (Å²) >= 11 is 1.28. The van der Waals surface area contributed by atoms with E-state index in [4.69, 9.17) is 10.5 Å². The molecule has 0 saturated carbocycles. The Kier molecular flexibility index (Phi) is 4.11. The van der Waals surface area contributed by atoms with E-state index < -0.39 is 5.82 Å². The van der Waals surface area contributed by atoms with E-state index in [1.807, 2.05) is 0 Å². The SMILES string of the molecule is COc1cccc(CC(=O)Cc2csc(N)n2)c1F. The van der Waals surface area contributed by atoms with E-state index in [2.05, 4.69) is 4.98 Å². The number of aromatic nitrogens is 1. The van der Waals surface area contributed by atoms with Crippen molar-refractivity contribution in [1.82, 2.24) is 4.98 Å². The fraction of sp³-hybridized carbons (Fsp3) is 0.231. The number of carbonyl (C=O) groups excluding carboxylic acids is 1. The van der Waals surface area contributed by atoms with Gasteiger partial charge < -0.3 is 10.5 Å². The second-order valence-electron chi connectivity index (χ2n) is 4.00. The number of rotatable bonds is 5. The molecule has 2 N–H and O–H groups in total. The quantitative estimate of drug-likeness (QED) is 0.912. The highest BCUT2D eigenvalue weighted by Crippen LogP contribution is 2.21. The van der Waals surface area contributed by atoms with Gasteiger partial charge in [0, 0.05) is 18.2 Å². The second-order valence-corrected chi connectivity index (χ2v) is 4.89. The largest absolute Gasteiger partial charge is 0.494 e. The minimum Gasteiger partial charge on any atom is -0.494 e. The average Bonchev–Trinajstić information content (AvgIpc) is 2.77. The van der Waals surface area contributed by atoms with Crippen LogP contribution in [-0.2, 0) is 17.6 Å². The van der Waals surface area contributed by atoms with Crippen LogP contribution in [0.4, 0.5) is 9.52 Å². The first-order chi connectivity index (χ1) is 9.10. The standard InChI is InChI=1S/C13H13FN2O2S/c1-18-11-4-2-3-8(12(11)14)5-10(17)6-9-7-19-13(15)16-9/h2-4,7H,5-6H2,1H3,(H2,15,16). The highest BCUT2D eigenvalue weighted by Gasteiger charge is 2.13. The van der Waals surface area contributed by atoms with E-state index in [0.717, 1.165) is 0 Å². The van der Waals surface area contributed by atoms with Gasteiger partial charge in [-0.3, -0.25) is 4.79 Å². The van der Waals surface area contributed by atoms with Gasteiger partial charge in [-0.2, -0.15) is 0 Å². The number of methoxy groups -OCH3 is 1. The van der Waals surface area contributed by atoms with Gasteiger partial charge in [-0.15, -0.1) is 11.3 Å². The Morgan fingerprint density at radius 3 is 2.89 bits per heavy atom. The summed E-state index contributed by atoms with van der Waals surface area (Å²) in [6.45, 7) is 0. The Labute approximate surface area is 114 Å². The number of hydrogen-bond donors (Lipinski definition) is 1. The van der Waals surface area contributed by atoms with Crippen molar-refractivity contribution in [2.24, 2.45) is 0 Å². The van der Waals surface area contributed by atoms with Crippen molar-refractivity contribution in [2.45, 2.75) is 12.8 Å². The Morgan fingerprint density at radius 1 is 1.47 bits per heavy atom. The predicted octanol–water partition coefficient (Wildman–Crippen LogP) is 2.23. The van der Waals surface area contributed by atoms with Crippen LogP contribution in [0.25, 0.3) is 0 Å². The van der Waals surface area contributed by atoms with E-state index in [0.29, 0.717) is 16.4 Å². The lowest BCUT2D eigenvalue weighted by atomic mass is 10.1. The molecular weight excluding hydrogens is 267 g/mol. The van der Waals surface area contributed by atoms with E-state index in [-0.39, 0.29) is 24.4 Å². The molecule has 0 radical (unpaired) electrons. The third-order valence-corrected chi connectivity index (χ3v) is 3.32. The topological polar surface area (TPSA) is 65.2 Å². The van der Waals surface area contributed by atoms with Crippen LogP contribution in [0.5, 0.6) is 5.75 Å². The van der Waals surface area contributed by atoms with Crippen LogP contribution in [-0.4, -0.2) is 17.9 Å². The zero-order valence-electron chi connectivity index (χ0n) is 10.4. The van der Waals surface area contributed by atoms with Crippen molar-refractivity contribution < 1.29 is 13.9 Å². The summed E-state index contributed by atoms with van der Waals surface area (Å²) in [6.07, 6.45) is 0.171. The Hall–Kier alpha value is -1.95. The van der Waals surface area contributed by atoms with E-state index in [1.54, 1.807) is 17.5 Å². The Morgan fingerprint density at radius 2 is 2.26 bits per heavy atom. The number of benzene rings is 1. The number of Topliss-reactive ketones (excluding diaryl/α,β-unsaturated/α-hetero) is 1. The molecule has 0 fully saturated rings. The molecule has 1 heterocycles. The molecule has 19 heavy (non-hydrogen) atoms. The highest BCUT2D eigenvalue weighted by molar-refractivity contribution is 7.13. The van der Waals surface area contributed by atoms with Crippen LogP contribution in [0.3, 0.4) is 0 Å². The first-order valence-corrected chi connectivity index (χ1v) is 6.51. The number of thiazole rings is 1. The number of ketones is 1. The highest BCUT2D eigenvalue weighted by atomic mass is 32.1. The second kappa shape index (κ2) is 5.79. The lowest BCUT2D eigenvalue weighted by Crippen LogP contribution is -2.08. The Bertz CT molecular complexity index is 598. The number of nitrogen functional groups attached to an aromatic ring is 1. The molecule has 0 spiro atoms. The van der Waals surface area contributed by atoms with Crippen LogP contribution in [0.2, 0.25) is 0 Å². The number of nitrogens with zero attached hydrogens (tertiary/aromatic N) is 1. The van der Waals surface area contributed by atoms with Crippen molar-refractivity contribution in [1.29, 1.82) is 0 Å². The zero-order chi connectivity index (χ0) is 13.8. The minimum atomic E-state index is -0.490. The summed E-state index contributed by atoms with van der Waals surface area (Å²) in [4.78, 5) is 15.9. The maximum atomic E-state index is 13.9. The van der Waals surface area contributed by atoms with Gasteiger partial charge in [0.2, 0.25) is 0 Å². The monoisotopic (exact) mass is 280 g/mol. The van der Waals surface area contributed by atoms with Gasteiger partial charge in [0.15, 0.2) is 16.7 Å². The molecule has 0 unspecified atom stereocenters. The molecule has 0 aliphatic heterocycles. The summed E-state index contributed by atoms with van der Waals surface area (Å²) in [6, 6.07) is 4.75. The molecule has 0 aliphatic carbocycles. The average molecular weight is 280 g/mol. The summed E-state index contributed by atoms with van der Waals surface area (Å²) in [5.41, 5.74) is 6.44. The molecule has 0 aliphatic rings. The van der Waals surface area contributed by atoms with Gasteiger partial charge in [0.05, 0.1) is 12.8 Å². The fourth-order valence-electron chi connectivity index (χ4n) is 1.73. The molecule has 100 valence electrons. The van der Waals surface area contributed by atoms with Crippen molar-refractivity contribution in [2.75, 3.05) is 12.8 Å². The van der Waals surface area contributed by atoms with E-state index in [1.165, 1.54) is 24.5 Å². The first kappa shape index (κ1) is 13.5. The summed E-state index contributed by atoms with van der Waals surface area (Å²) in [7, 11) is 1.39. The maximum absolute atomic E-state index is 13.9. The number of anilines is 1. The van der Waals surface area contributed by atoms with Crippen molar-refractivity contribution in [3.05, 3.63) is 40.7 Å². The van der Waals surface area contributed by atoms with Crippen molar-refractivity contribution in [3.63, 3.8) is 0 Å². The molecule has 4 nitrogen and oxygen atoms in total. The third-order valence-electron chi connectivity index (χ3n) is 2.60. The fourth-order valence-corrected chi connectivity index (χ4v) is 2.29. The molecule has 2 aromatic rings. The van der Waals surface area contributed by atoms with Gasteiger partial charge in [-0.05, 0) is 11.6 Å². The molecule has 0 amide bonds. The van der Waals surface area contributed by atoms with Crippen LogP contribution in [0.15, 0.2) is 23.6 Å². The molecule has 2 rings (SSSR count). The van der Waals surface area contributed by atoms with E-state index >= 15 is 0 Å². The smallest absolute Gasteiger partial charge is 0.180 e. The number of carbonyl (C=O) groups is 1. The number of nitrogens with two attached hydrogens (primary N) is 1. The van der Waals surface area contributed by atoms with Crippen LogP contribution in [0, 0.1) is 5.82 Å². The maximum Gasteiger partial charge on any atom is 0.180 e. The molecule has 0 atom stereocenters.